The van der Waals surface area contributed by atoms with Crippen LogP contribution in [0.2, 0.25) is 0 Å². The summed E-state index contributed by atoms with van der Waals surface area (Å²) < 4.78 is 41.9. The zero-order chi connectivity index (χ0) is 30.9. The predicted molar refractivity (Wildman–Crippen MR) is 176 cm³/mol. The maximum atomic E-state index is 11.3. The van der Waals surface area contributed by atoms with Crippen LogP contribution in [0.15, 0.2) is 60.7 Å². The van der Waals surface area contributed by atoms with Gasteiger partial charge in [0.1, 0.15) is 5.75 Å². The maximum Gasteiger partial charge on any atom is 0.229 e. The molecule has 43 heavy (non-hydrogen) atoms. The van der Waals surface area contributed by atoms with E-state index in [1.54, 1.807) is 33.5 Å². The molecular formula is C34H49N3O5S. The smallest absolute Gasteiger partial charge is 0.229 e. The highest BCUT2D eigenvalue weighted by atomic mass is 32.2. The van der Waals surface area contributed by atoms with Crippen LogP contribution in [0.3, 0.4) is 0 Å². The number of aryl methyl sites for hydroxylation is 1. The van der Waals surface area contributed by atoms with Crippen LogP contribution in [0.1, 0.15) is 47.9 Å². The van der Waals surface area contributed by atoms with Crippen molar-refractivity contribution in [2.75, 3.05) is 58.5 Å². The Morgan fingerprint density at radius 3 is 1.98 bits per heavy atom. The Bertz CT molecular complexity index is 1350. The second-order valence-corrected chi connectivity index (χ2v) is 12.5. The molecule has 0 aliphatic rings. The summed E-state index contributed by atoms with van der Waals surface area (Å²) in [6.45, 7) is 3.87. The molecule has 3 aromatic carbocycles. The van der Waals surface area contributed by atoms with Gasteiger partial charge in [0.2, 0.25) is 10.0 Å². The summed E-state index contributed by atoms with van der Waals surface area (Å²) in [5.74, 6) is 2.48. The third-order valence-corrected chi connectivity index (χ3v) is 8.03. The lowest BCUT2D eigenvalue weighted by atomic mass is 9.96. The number of anilines is 1. The van der Waals surface area contributed by atoms with E-state index in [0.717, 1.165) is 75.4 Å². The molecule has 0 saturated heterocycles. The van der Waals surface area contributed by atoms with Crippen molar-refractivity contribution in [2.24, 2.45) is 0 Å². The number of hydrogen-bond acceptors (Lipinski definition) is 7. The van der Waals surface area contributed by atoms with E-state index in [-0.39, 0.29) is 0 Å². The molecule has 0 saturated carbocycles. The molecule has 8 nitrogen and oxygen atoms in total. The summed E-state index contributed by atoms with van der Waals surface area (Å²) in [7, 11) is 1.86. The molecule has 0 atom stereocenters. The number of ether oxygens (including phenoxy) is 3. The largest absolute Gasteiger partial charge is 0.497 e. The molecule has 0 bridgehead atoms. The Morgan fingerprint density at radius 2 is 1.35 bits per heavy atom. The van der Waals surface area contributed by atoms with Crippen molar-refractivity contribution in [1.82, 2.24) is 10.6 Å². The second-order valence-electron chi connectivity index (χ2n) is 10.8. The van der Waals surface area contributed by atoms with Crippen molar-refractivity contribution in [3.8, 4) is 17.2 Å². The second kappa shape index (κ2) is 18.4. The fourth-order valence-electron chi connectivity index (χ4n) is 5.15. The number of nitrogens with one attached hydrogen (secondary N) is 3. The molecular weight excluding hydrogens is 562 g/mol. The van der Waals surface area contributed by atoms with Crippen LogP contribution in [0.5, 0.6) is 17.2 Å². The predicted octanol–water partition coefficient (Wildman–Crippen LogP) is 5.39. The van der Waals surface area contributed by atoms with E-state index >= 15 is 0 Å². The number of benzene rings is 3. The number of methoxy groups -OCH3 is 3. The van der Waals surface area contributed by atoms with Gasteiger partial charge in [-0.05, 0) is 112 Å². The molecule has 3 N–H and O–H groups in total. The summed E-state index contributed by atoms with van der Waals surface area (Å²) in [4.78, 5) is 0. The summed E-state index contributed by atoms with van der Waals surface area (Å²) >= 11 is 0. The average Bonchev–Trinajstić information content (AvgIpc) is 3.00. The SMILES string of the molecule is COc1cccc(CCc2c(CCNCCCCCCNCCc3ccc(NS(C)(=O)=O)cc3)ccc(OC)c2OC)c1. The first-order valence-corrected chi connectivity index (χ1v) is 17.1. The van der Waals surface area contributed by atoms with Gasteiger partial charge >= 0.3 is 0 Å². The van der Waals surface area contributed by atoms with Crippen LogP contribution >= 0.6 is 0 Å². The zero-order valence-electron chi connectivity index (χ0n) is 26.2. The van der Waals surface area contributed by atoms with E-state index in [9.17, 15) is 8.42 Å². The summed E-state index contributed by atoms with van der Waals surface area (Å²) in [6.07, 6.45) is 9.55. The molecule has 3 rings (SSSR count). The van der Waals surface area contributed by atoms with Gasteiger partial charge in [0.15, 0.2) is 11.5 Å². The van der Waals surface area contributed by atoms with Crippen molar-refractivity contribution in [1.29, 1.82) is 0 Å². The van der Waals surface area contributed by atoms with Gasteiger partial charge in [-0.25, -0.2) is 8.42 Å². The Balaban J connectivity index is 1.30. The third-order valence-electron chi connectivity index (χ3n) is 7.42. The number of hydrogen-bond donors (Lipinski definition) is 3. The van der Waals surface area contributed by atoms with Crippen molar-refractivity contribution in [3.63, 3.8) is 0 Å². The third kappa shape index (κ3) is 12.5. The zero-order valence-corrected chi connectivity index (χ0v) is 27.0. The molecule has 0 spiro atoms. The molecule has 0 amide bonds. The van der Waals surface area contributed by atoms with Crippen LogP contribution in [-0.2, 0) is 35.7 Å². The summed E-state index contributed by atoms with van der Waals surface area (Å²) in [5.41, 5.74) is 5.52. The van der Waals surface area contributed by atoms with Gasteiger partial charge in [-0.15, -0.1) is 0 Å². The lowest BCUT2D eigenvalue weighted by Gasteiger charge is -2.17. The fourth-order valence-corrected chi connectivity index (χ4v) is 5.71. The molecule has 0 aliphatic carbocycles. The van der Waals surface area contributed by atoms with Gasteiger partial charge in [-0.3, -0.25) is 4.72 Å². The highest BCUT2D eigenvalue weighted by Crippen LogP contribution is 2.35. The van der Waals surface area contributed by atoms with E-state index in [2.05, 4.69) is 33.6 Å². The van der Waals surface area contributed by atoms with Crippen LogP contribution in [0, 0.1) is 0 Å². The minimum absolute atomic E-state index is 0.597. The van der Waals surface area contributed by atoms with E-state index in [1.807, 2.05) is 30.3 Å². The summed E-state index contributed by atoms with van der Waals surface area (Å²) in [6, 6.07) is 20.0. The standard InChI is InChI=1S/C34H49N3O5S/c1-40-31-11-9-10-28(26-31)14-18-32-29(15-19-33(41-2)34(32)42-3)21-25-36-23-8-6-5-7-22-35-24-20-27-12-16-30(17-13-27)37-43(4,38)39/h9-13,15-17,19,26,35-37H,5-8,14,18,20-25H2,1-4H3. The van der Waals surface area contributed by atoms with E-state index < -0.39 is 10.0 Å². The van der Waals surface area contributed by atoms with E-state index in [0.29, 0.717) is 5.69 Å². The van der Waals surface area contributed by atoms with Gasteiger partial charge in [-0.1, -0.05) is 43.2 Å². The minimum atomic E-state index is -3.24. The quantitative estimate of drug-likeness (QED) is 0.139. The van der Waals surface area contributed by atoms with Gasteiger partial charge in [-0.2, -0.15) is 0 Å². The molecule has 0 radical (unpaired) electrons. The van der Waals surface area contributed by atoms with Gasteiger partial charge in [0, 0.05) is 11.3 Å². The van der Waals surface area contributed by atoms with Crippen molar-refractivity contribution in [3.05, 3.63) is 82.9 Å². The topological polar surface area (TPSA) is 97.9 Å². The van der Waals surface area contributed by atoms with Crippen LogP contribution < -0.4 is 29.6 Å². The van der Waals surface area contributed by atoms with Crippen molar-refractivity contribution < 1.29 is 22.6 Å². The van der Waals surface area contributed by atoms with E-state index in [1.165, 1.54) is 47.9 Å². The molecule has 3 aromatic rings. The first kappa shape index (κ1) is 34.2. The molecule has 0 heterocycles. The average molecular weight is 612 g/mol. The molecule has 0 aliphatic heterocycles. The van der Waals surface area contributed by atoms with Crippen LogP contribution in [-0.4, -0.2) is 62.2 Å². The molecule has 0 aromatic heterocycles. The van der Waals surface area contributed by atoms with Gasteiger partial charge in [0.25, 0.3) is 0 Å². The monoisotopic (exact) mass is 611 g/mol. The molecule has 9 heteroatoms. The van der Waals surface area contributed by atoms with E-state index in [4.69, 9.17) is 14.2 Å². The molecule has 0 fully saturated rings. The Morgan fingerprint density at radius 1 is 0.651 bits per heavy atom. The Hall–Kier alpha value is -3.27. The van der Waals surface area contributed by atoms with Crippen molar-refractivity contribution in [2.45, 2.75) is 51.4 Å². The number of sulfonamides is 1. The number of unbranched alkanes of at least 4 members (excludes halogenated alkanes) is 3. The fraction of sp³-hybridized carbons (Fsp3) is 0.471. The van der Waals surface area contributed by atoms with Crippen LogP contribution in [0.25, 0.3) is 0 Å². The maximum absolute atomic E-state index is 11.3. The van der Waals surface area contributed by atoms with Crippen LogP contribution in [0.4, 0.5) is 5.69 Å². The lowest BCUT2D eigenvalue weighted by molar-refractivity contribution is 0.351. The highest BCUT2D eigenvalue weighted by molar-refractivity contribution is 7.92. The normalized spacial score (nSPS) is 11.3. The first-order valence-electron chi connectivity index (χ1n) is 15.2. The van der Waals surface area contributed by atoms with Gasteiger partial charge < -0.3 is 24.8 Å². The minimum Gasteiger partial charge on any atom is -0.497 e. The molecule has 0 unspecified atom stereocenters. The first-order chi connectivity index (χ1) is 20.8. The molecule has 236 valence electrons. The lowest BCUT2D eigenvalue weighted by Crippen LogP contribution is -2.20. The van der Waals surface area contributed by atoms with Crippen molar-refractivity contribution >= 4 is 15.7 Å². The Kier molecular flexibility index (Phi) is 14.6. The summed E-state index contributed by atoms with van der Waals surface area (Å²) in [5, 5.41) is 7.13. The highest BCUT2D eigenvalue weighted by Gasteiger charge is 2.15. The number of rotatable bonds is 21. The van der Waals surface area contributed by atoms with Gasteiger partial charge in [0.05, 0.1) is 27.6 Å². The Labute approximate surface area is 258 Å².